The van der Waals surface area contributed by atoms with E-state index in [-0.39, 0.29) is 22.1 Å². The van der Waals surface area contributed by atoms with Crippen LogP contribution in [0.3, 0.4) is 0 Å². The van der Waals surface area contributed by atoms with Gasteiger partial charge in [0.25, 0.3) is 0 Å². The first-order valence-corrected chi connectivity index (χ1v) is 8.57. The molecule has 1 aromatic carbocycles. The summed E-state index contributed by atoms with van der Waals surface area (Å²) in [5.74, 6) is -0.359. The molecule has 3 rings (SSSR count). The quantitative estimate of drug-likeness (QED) is 0.791. The molecule has 6 nitrogen and oxygen atoms in total. The number of amides is 1. The fourth-order valence-corrected chi connectivity index (χ4v) is 3.53. The number of nitrogens with zero attached hydrogens (tertiary/aromatic N) is 1. The second kappa shape index (κ2) is 7.14. The number of aromatic nitrogens is 1. The van der Waals surface area contributed by atoms with E-state index in [4.69, 9.17) is 10.5 Å². The van der Waals surface area contributed by atoms with Gasteiger partial charge >= 0.3 is 17.1 Å². The lowest BCUT2D eigenvalue weighted by atomic mass is 10.2. The van der Waals surface area contributed by atoms with E-state index in [0.717, 1.165) is 36.6 Å². The van der Waals surface area contributed by atoms with E-state index in [2.05, 4.69) is 15.2 Å². The monoisotopic (exact) mass is 375 g/mol. The average molecular weight is 375 g/mol. The standard InChI is InChI=1S/C15H17F3N4O2S/c16-15(17,18)9-7-10(19)12-11(8-9)21-14(25-12)13(23)20-1-2-22-3-5-24-6-4-22/h7-8H,1-6,19H2,(H,20,23)/p+1. The van der Waals surface area contributed by atoms with Crippen LogP contribution in [0.1, 0.15) is 15.4 Å². The summed E-state index contributed by atoms with van der Waals surface area (Å²) in [6, 6.07) is 1.85. The maximum atomic E-state index is 12.8. The highest BCUT2D eigenvalue weighted by molar-refractivity contribution is 7.20. The molecule has 1 aliphatic heterocycles. The average Bonchev–Trinajstić information content (AvgIpc) is 3.00. The molecule has 2 heterocycles. The van der Waals surface area contributed by atoms with Crippen LogP contribution in [-0.4, -0.2) is 50.2 Å². The van der Waals surface area contributed by atoms with Gasteiger partial charge in [0.15, 0.2) is 0 Å². The SMILES string of the molecule is Nc1cc(C(F)(F)F)cc2[nH+]c(C(=O)NCCN3CCOCC3)sc12. The molecule has 1 fully saturated rings. The number of thiazole rings is 1. The Morgan fingerprint density at radius 1 is 1.36 bits per heavy atom. The molecule has 0 atom stereocenters. The topological polar surface area (TPSA) is 81.7 Å². The van der Waals surface area contributed by atoms with Gasteiger partial charge in [-0.3, -0.25) is 9.69 Å². The summed E-state index contributed by atoms with van der Waals surface area (Å²) in [6.45, 7) is 4.14. The number of H-pyrrole nitrogens is 1. The van der Waals surface area contributed by atoms with Crippen molar-refractivity contribution >= 4 is 33.1 Å². The summed E-state index contributed by atoms with van der Waals surface area (Å²) < 4.78 is 44.2. The van der Waals surface area contributed by atoms with Gasteiger partial charge in [0, 0.05) is 32.2 Å². The Morgan fingerprint density at radius 3 is 2.76 bits per heavy atom. The molecule has 0 aliphatic carbocycles. The minimum absolute atomic E-state index is 0.00144. The number of ether oxygens (including phenoxy) is 1. The molecule has 0 bridgehead atoms. The smallest absolute Gasteiger partial charge is 0.397 e. The Kier molecular flexibility index (Phi) is 5.11. The molecule has 1 aliphatic rings. The summed E-state index contributed by atoms with van der Waals surface area (Å²) in [6.07, 6.45) is -4.49. The normalized spacial score (nSPS) is 16.3. The van der Waals surface area contributed by atoms with Crippen molar-refractivity contribution in [2.75, 3.05) is 45.1 Å². The van der Waals surface area contributed by atoms with E-state index >= 15 is 0 Å². The third-order valence-corrected chi connectivity index (χ3v) is 5.07. The van der Waals surface area contributed by atoms with Gasteiger partial charge in [0.2, 0.25) is 5.52 Å². The molecule has 25 heavy (non-hydrogen) atoms. The number of halogens is 3. The summed E-state index contributed by atoms with van der Waals surface area (Å²) in [7, 11) is 0. The molecule has 4 N–H and O–H groups in total. The Balaban J connectivity index is 1.68. The van der Waals surface area contributed by atoms with Crippen molar-refractivity contribution in [3.8, 4) is 0 Å². The van der Waals surface area contributed by atoms with E-state index < -0.39 is 11.7 Å². The molecule has 0 saturated carbocycles. The Morgan fingerprint density at radius 2 is 2.08 bits per heavy atom. The zero-order valence-electron chi connectivity index (χ0n) is 13.3. The number of nitrogen functional groups attached to an aromatic ring is 1. The number of carbonyl (C=O) groups excluding carboxylic acids is 1. The van der Waals surface area contributed by atoms with Crippen molar-refractivity contribution in [1.29, 1.82) is 0 Å². The number of anilines is 1. The van der Waals surface area contributed by atoms with Crippen molar-refractivity contribution in [3.63, 3.8) is 0 Å². The van der Waals surface area contributed by atoms with Crippen LogP contribution < -0.4 is 16.0 Å². The van der Waals surface area contributed by atoms with Crippen LogP contribution in [-0.2, 0) is 10.9 Å². The number of carbonyl (C=O) groups is 1. The highest BCUT2D eigenvalue weighted by Gasteiger charge is 2.33. The second-order valence-corrected chi connectivity index (χ2v) is 6.73. The minimum Gasteiger partial charge on any atom is -0.397 e. The predicted octanol–water partition coefficient (Wildman–Crippen LogP) is 1.38. The van der Waals surface area contributed by atoms with E-state index in [0.29, 0.717) is 31.0 Å². The van der Waals surface area contributed by atoms with Crippen molar-refractivity contribution in [3.05, 3.63) is 22.7 Å². The Bertz CT molecular complexity index is 772. The number of fused-ring (bicyclic) bond motifs is 1. The zero-order valence-corrected chi connectivity index (χ0v) is 14.1. The lowest BCUT2D eigenvalue weighted by molar-refractivity contribution is -0.342. The highest BCUT2D eigenvalue weighted by Crippen LogP contribution is 2.35. The first kappa shape index (κ1) is 17.9. The maximum absolute atomic E-state index is 12.8. The number of aromatic amines is 1. The van der Waals surface area contributed by atoms with Gasteiger partial charge in [-0.2, -0.15) is 18.2 Å². The summed E-state index contributed by atoms with van der Waals surface area (Å²) in [5.41, 5.74) is 5.07. The Labute approximate surface area is 145 Å². The lowest BCUT2D eigenvalue weighted by Gasteiger charge is -2.26. The summed E-state index contributed by atoms with van der Waals surface area (Å²) in [4.78, 5) is 17.1. The molecule has 10 heteroatoms. The van der Waals surface area contributed by atoms with Crippen LogP contribution >= 0.6 is 11.3 Å². The van der Waals surface area contributed by atoms with Crippen LogP contribution in [0, 0.1) is 0 Å². The molecule has 0 spiro atoms. The lowest BCUT2D eigenvalue weighted by Crippen LogP contribution is -2.41. The fourth-order valence-electron chi connectivity index (χ4n) is 2.61. The first-order chi connectivity index (χ1) is 11.8. The zero-order chi connectivity index (χ0) is 18.0. The highest BCUT2D eigenvalue weighted by atomic mass is 32.1. The van der Waals surface area contributed by atoms with Gasteiger partial charge in [-0.05, 0) is 6.07 Å². The second-order valence-electron chi connectivity index (χ2n) is 5.71. The molecule has 1 amide bonds. The molecular weight excluding hydrogens is 357 g/mol. The van der Waals surface area contributed by atoms with Crippen LogP contribution in [0.15, 0.2) is 12.1 Å². The Hall–Kier alpha value is -1.91. The molecule has 2 aromatic rings. The maximum Gasteiger partial charge on any atom is 0.416 e. The van der Waals surface area contributed by atoms with Gasteiger partial charge in [0.05, 0.1) is 24.5 Å². The first-order valence-electron chi connectivity index (χ1n) is 7.75. The van der Waals surface area contributed by atoms with E-state index in [1.165, 1.54) is 0 Å². The summed E-state index contributed by atoms with van der Waals surface area (Å²) >= 11 is 1.04. The fraction of sp³-hybridized carbons (Fsp3) is 0.467. The van der Waals surface area contributed by atoms with E-state index in [1.54, 1.807) is 0 Å². The number of morpholine rings is 1. The molecule has 0 radical (unpaired) electrons. The number of nitrogens with one attached hydrogen (secondary N) is 2. The van der Waals surface area contributed by atoms with E-state index in [9.17, 15) is 18.0 Å². The van der Waals surface area contributed by atoms with Crippen molar-refractivity contribution < 1.29 is 27.7 Å². The minimum atomic E-state index is -4.49. The third kappa shape index (κ3) is 4.20. The number of nitrogens with two attached hydrogens (primary N) is 1. The number of hydrogen-bond acceptors (Lipinski definition) is 5. The largest absolute Gasteiger partial charge is 0.416 e. The van der Waals surface area contributed by atoms with Crippen molar-refractivity contribution in [2.24, 2.45) is 0 Å². The summed E-state index contributed by atoms with van der Waals surface area (Å²) in [5, 5.41) is 2.99. The van der Waals surface area contributed by atoms with Crippen LogP contribution in [0.25, 0.3) is 10.2 Å². The number of alkyl halides is 3. The van der Waals surface area contributed by atoms with Gasteiger partial charge in [-0.25, -0.2) is 0 Å². The third-order valence-electron chi connectivity index (χ3n) is 3.92. The number of hydrogen-bond donors (Lipinski definition) is 2. The van der Waals surface area contributed by atoms with Gasteiger partial charge in [0.1, 0.15) is 4.70 Å². The van der Waals surface area contributed by atoms with Crippen molar-refractivity contribution in [1.82, 2.24) is 10.2 Å². The van der Waals surface area contributed by atoms with Gasteiger partial charge < -0.3 is 15.8 Å². The number of rotatable bonds is 4. The predicted molar refractivity (Wildman–Crippen MR) is 87.4 cm³/mol. The molecule has 0 unspecified atom stereocenters. The number of benzene rings is 1. The molecular formula is C15H18F3N4O2S+. The van der Waals surface area contributed by atoms with Crippen molar-refractivity contribution in [2.45, 2.75) is 6.18 Å². The van der Waals surface area contributed by atoms with Gasteiger partial charge in [-0.1, -0.05) is 11.3 Å². The molecule has 1 saturated heterocycles. The molecule has 136 valence electrons. The van der Waals surface area contributed by atoms with Crippen LogP contribution in [0.4, 0.5) is 18.9 Å². The van der Waals surface area contributed by atoms with Crippen LogP contribution in [0.2, 0.25) is 0 Å². The van der Waals surface area contributed by atoms with Crippen LogP contribution in [0.5, 0.6) is 0 Å². The van der Waals surface area contributed by atoms with E-state index in [1.807, 2.05) is 0 Å². The van der Waals surface area contributed by atoms with Gasteiger partial charge in [-0.15, -0.1) is 0 Å². The molecule has 1 aromatic heterocycles.